The molecule has 4 rings (SSSR count). The Labute approximate surface area is 272 Å². The number of benzene rings is 3. The van der Waals surface area contributed by atoms with Crippen molar-refractivity contribution in [2.45, 2.75) is 22.8 Å². The molecule has 0 unspecified atom stereocenters. The number of anilines is 3. The molecule has 0 aromatic heterocycles. The smallest absolute Gasteiger partial charge is 0.375 e. The van der Waals surface area contributed by atoms with Crippen LogP contribution in [0, 0.1) is 23.4 Å². The van der Waals surface area contributed by atoms with E-state index in [4.69, 9.17) is 34.8 Å². The highest BCUT2D eigenvalue weighted by molar-refractivity contribution is 7.98. The minimum Gasteiger partial charge on any atom is -0.375 e. The lowest BCUT2D eigenvalue weighted by Gasteiger charge is -2.13. The van der Waals surface area contributed by atoms with Crippen molar-refractivity contribution in [3.05, 3.63) is 87.7 Å². The number of amides is 2. The lowest BCUT2D eigenvalue weighted by atomic mass is 10.0. The molecule has 0 radical (unpaired) electrons. The zero-order valence-electron chi connectivity index (χ0n) is 22.9. The highest BCUT2D eigenvalue weighted by Gasteiger charge is 2.67. The molecule has 0 saturated heterocycles. The van der Waals surface area contributed by atoms with Gasteiger partial charge in [-0.1, -0.05) is 17.7 Å². The van der Waals surface area contributed by atoms with E-state index in [1.165, 1.54) is 30.0 Å². The van der Waals surface area contributed by atoms with Gasteiger partial charge in [-0.2, -0.15) is 24.9 Å². The summed E-state index contributed by atoms with van der Waals surface area (Å²) in [6.07, 6.45) is -3.18. The largest absolute Gasteiger partial charge is 0.419 e. The summed E-state index contributed by atoms with van der Waals surface area (Å²) in [5.41, 5.74) is -2.62. The first-order valence-electron chi connectivity index (χ1n) is 12.9. The zero-order chi connectivity index (χ0) is 33.3. The minimum absolute atomic E-state index is 0.0274. The fourth-order valence-electron chi connectivity index (χ4n) is 4.53. The zero-order valence-corrected chi connectivity index (χ0v) is 26.0. The molecular formula is C29H22Cl3F6N3O3S. The van der Waals surface area contributed by atoms with E-state index in [2.05, 4.69) is 16.0 Å². The maximum atomic E-state index is 15.0. The van der Waals surface area contributed by atoms with Crippen molar-refractivity contribution in [3.63, 3.8) is 0 Å². The van der Waals surface area contributed by atoms with Gasteiger partial charge < -0.3 is 16.0 Å². The first kappa shape index (κ1) is 34.7. The van der Waals surface area contributed by atoms with Gasteiger partial charge in [0.25, 0.3) is 0 Å². The second-order valence-electron chi connectivity index (χ2n) is 9.90. The molecule has 1 aliphatic rings. The Morgan fingerprint density at radius 3 is 2.31 bits per heavy atom. The van der Waals surface area contributed by atoms with Gasteiger partial charge in [0.2, 0.25) is 11.8 Å². The number of ketones is 1. The highest BCUT2D eigenvalue weighted by atomic mass is 35.5. The molecule has 240 valence electrons. The minimum atomic E-state index is -4.98. The number of halogens is 9. The number of carbonyl (C=O) groups is 3. The number of thioether (sulfide) groups is 1. The van der Waals surface area contributed by atoms with E-state index in [1.54, 1.807) is 6.26 Å². The van der Waals surface area contributed by atoms with Crippen LogP contribution in [0.25, 0.3) is 0 Å². The van der Waals surface area contributed by atoms with Crippen molar-refractivity contribution in [1.82, 2.24) is 0 Å². The van der Waals surface area contributed by atoms with E-state index in [0.717, 1.165) is 18.2 Å². The molecule has 0 aliphatic heterocycles. The van der Waals surface area contributed by atoms with Gasteiger partial charge in [-0.25, -0.2) is 13.2 Å². The van der Waals surface area contributed by atoms with E-state index in [0.29, 0.717) is 17.9 Å². The molecule has 0 bridgehead atoms. The number of rotatable bonds is 11. The Balaban J connectivity index is 1.45. The maximum absolute atomic E-state index is 15.0. The summed E-state index contributed by atoms with van der Waals surface area (Å²) in [6.45, 7) is -0.525. The quantitative estimate of drug-likeness (QED) is 0.106. The van der Waals surface area contributed by atoms with Crippen LogP contribution in [0.3, 0.4) is 0 Å². The number of hydrogen-bond donors (Lipinski definition) is 3. The van der Waals surface area contributed by atoms with Gasteiger partial charge in [0.15, 0.2) is 11.6 Å². The molecule has 2 amide bonds. The second-order valence-corrected chi connectivity index (χ2v) is 12.7. The van der Waals surface area contributed by atoms with Gasteiger partial charge in [-0.15, -0.1) is 23.2 Å². The van der Waals surface area contributed by atoms with Crippen LogP contribution in [-0.2, 0) is 15.8 Å². The van der Waals surface area contributed by atoms with Gasteiger partial charge in [-0.3, -0.25) is 14.4 Å². The summed E-state index contributed by atoms with van der Waals surface area (Å²) in [5.74, 6) is -7.54. The molecule has 0 spiro atoms. The van der Waals surface area contributed by atoms with Crippen molar-refractivity contribution >= 4 is 81.2 Å². The average Bonchev–Trinajstić information content (AvgIpc) is 3.55. The predicted molar refractivity (Wildman–Crippen MR) is 163 cm³/mol. The van der Waals surface area contributed by atoms with Crippen LogP contribution in [0.15, 0.2) is 48.5 Å². The molecule has 3 aromatic carbocycles. The SMILES string of the molecule is CSCCC(=O)Nc1c(F)ccc(NCC(=O)c2cc(NC(=O)[C@H]3[C@H](c4ccc(F)c(C(F)(F)F)c4)C3(Cl)Cl)ccc2Cl)c1F. The van der Waals surface area contributed by atoms with Gasteiger partial charge in [0.05, 0.1) is 28.7 Å². The Hall–Kier alpha value is -3.13. The van der Waals surface area contributed by atoms with E-state index in [1.807, 2.05) is 0 Å². The van der Waals surface area contributed by atoms with Crippen LogP contribution in [0.1, 0.15) is 33.8 Å². The average molecular weight is 713 g/mol. The molecule has 16 heteroatoms. The second kappa shape index (κ2) is 13.7. The molecule has 3 aromatic rings. The molecule has 2 atom stereocenters. The molecule has 45 heavy (non-hydrogen) atoms. The van der Waals surface area contributed by atoms with Crippen molar-refractivity contribution in [2.75, 3.05) is 34.5 Å². The van der Waals surface area contributed by atoms with Crippen LogP contribution < -0.4 is 16.0 Å². The molecule has 6 nitrogen and oxygen atoms in total. The van der Waals surface area contributed by atoms with Crippen LogP contribution in [0.5, 0.6) is 0 Å². The van der Waals surface area contributed by atoms with Crippen LogP contribution in [0.2, 0.25) is 5.02 Å². The van der Waals surface area contributed by atoms with E-state index >= 15 is 0 Å². The lowest BCUT2D eigenvalue weighted by molar-refractivity contribution is -0.140. The number of alkyl halides is 5. The maximum Gasteiger partial charge on any atom is 0.419 e. The molecule has 3 N–H and O–H groups in total. The predicted octanol–water partition coefficient (Wildman–Crippen LogP) is 8.29. The fraction of sp³-hybridized carbons (Fsp3) is 0.276. The number of hydrogen-bond acceptors (Lipinski definition) is 5. The van der Waals surface area contributed by atoms with E-state index < -0.39 is 75.2 Å². The Bertz CT molecular complexity index is 1660. The van der Waals surface area contributed by atoms with E-state index in [9.17, 15) is 40.7 Å². The summed E-state index contributed by atoms with van der Waals surface area (Å²) in [7, 11) is 0. The normalized spacial score (nSPS) is 17.0. The Morgan fingerprint density at radius 1 is 0.956 bits per heavy atom. The van der Waals surface area contributed by atoms with Crippen LogP contribution in [-0.4, -0.2) is 40.5 Å². The summed E-state index contributed by atoms with van der Waals surface area (Å²) >= 11 is 20.0. The topological polar surface area (TPSA) is 87.3 Å². The van der Waals surface area contributed by atoms with Gasteiger partial charge >= 0.3 is 6.18 Å². The van der Waals surface area contributed by atoms with Crippen LogP contribution in [0.4, 0.5) is 43.4 Å². The third-order valence-electron chi connectivity index (χ3n) is 6.85. The van der Waals surface area contributed by atoms with Crippen molar-refractivity contribution in [2.24, 2.45) is 5.92 Å². The molecular weight excluding hydrogens is 691 g/mol. The van der Waals surface area contributed by atoms with Gasteiger partial charge in [-0.05, 0) is 54.3 Å². The number of nitrogens with one attached hydrogen (secondary N) is 3. The van der Waals surface area contributed by atoms with Gasteiger partial charge in [0, 0.05) is 29.3 Å². The Morgan fingerprint density at radius 2 is 1.64 bits per heavy atom. The lowest BCUT2D eigenvalue weighted by Crippen LogP contribution is -2.19. The molecule has 1 fully saturated rings. The first-order valence-corrected chi connectivity index (χ1v) is 15.5. The monoisotopic (exact) mass is 711 g/mol. The van der Waals surface area contributed by atoms with Crippen LogP contribution >= 0.6 is 46.6 Å². The molecule has 1 aliphatic carbocycles. The Kier molecular flexibility index (Phi) is 10.6. The number of carbonyl (C=O) groups excluding carboxylic acids is 3. The highest BCUT2D eigenvalue weighted by Crippen LogP contribution is 2.65. The van der Waals surface area contributed by atoms with Crippen molar-refractivity contribution < 1.29 is 40.7 Å². The van der Waals surface area contributed by atoms with Crippen molar-refractivity contribution in [1.29, 1.82) is 0 Å². The summed E-state index contributed by atoms with van der Waals surface area (Å²) in [5, 5.41) is 7.17. The standard InChI is InChI=1S/C29H22Cl3F6N3O3S/c1-45-9-8-22(43)41-26-19(34)6-7-20(25(26)35)39-12-21(42)15-11-14(3-4-17(15)30)40-27(44)24-23(28(24,31)32)13-2-5-18(33)16(10-13)29(36,37)38/h2-7,10-11,23-24,39H,8-9,12H2,1H3,(H,40,44)(H,41,43)/t23-,24+/m0/s1. The van der Waals surface area contributed by atoms with Crippen molar-refractivity contribution in [3.8, 4) is 0 Å². The number of Topliss-reactive ketones (excluding diaryl/α,β-unsaturated/α-hetero) is 1. The first-order chi connectivity index (χ1) is 21.1. The van der Waals surface area contributed by atoms with E-state index in [-0.39, 0.29) is 33.9 Å². The summed E-state index contributed by atoms with van der Waals surface area (Å²) in [6, 6.07) is 8.02. The third-order valence-corrected chi connectivity index (χ3v) is 8.74. The molecule has 0 heterocycles. The fourth-order valence-corrected chi connectivity index (χ4v) is 5.97. The third kappa shape index (κ3) is 7.82. The summed E-state index contributed by atoms with van der Waals surface area (Å²) < 4.78 is 80.7. The summed E-state index contributed by atoms with van der Waals surface area (Å²) in [4.78, 5) is 38.0. The molecule has 1 saturated carbocycles. The van der Waals surface area contributed by atoms with Gasteiger partial charge in [0.1, 0.15) is 21.7 Å².